The van der Waals surface area contributed by atoms with Crippen molar-refractivity contribution in [3.05, 3.63) is 0 Å². The molecule has 1 aliphatic heterocycles. The molecular weight excluding hydrogens is 218 g/mol. The van der Waals surface area contributed by atoms with E-state index >= 15 is 0 Å². The van der Waals surface area contributed by atoms with Gasteiger partial charge in [0.1, 0.15) is 0 Å². The van der Waals surface area contributed by atoms with Gasteiger partial charge in [0.25, 0.3) is 0 Å². The van der Waals surface area contributed by atoms with Gasteiger partial charge in [-0.1, -0.05) is 19.3 Å². The summed E-state index contributed by atoms with van der Waals surface area (Å²) in [5.41, 5.74) is 0. The van der Waals surface area contributed by atoms with E-state index in [0.717, 1.165) is 38.5 Å². The van der Waals surface area contributed by atoms with Crippen LogP contribution in [0.5, 0.6) is 0 Å². The standard InChI is InChI=1S/C13H23NO3/c15-12-5-3-1-2-4-11(12)14-13(16)10-6-8-17-9-7-10/h10-12,15H,1-9H2,(H,14,16). The average Bonchev–Trinajstić information content (AvgIpc) is 2.56. The summed E-state index contributed by atoms with van der Waals surface area (Å²) < 4.78 is 5.25. The lowest BCUT2D eigenvalue weighted by atomic mass is 9.97. The minimum Gasteiger partial charge on any atom is -0.391 e. The Balaban J connectivity index is 1.83. The molecule has 1 saturated heterocycles. The van der Waals surface area contributed by atoms with Crippen LogP contribution in [0, 0.1) is 5.92 Å². The molecule has 2 atom stereocenters. The number of carbonyl (C=O) groups excluding carboxylic acids is 1. The topological polar surface area (TPSA) is 58.6 Å². The van der Waals surface area contributed by atoms with Crippen LogP contribution in [-0.4, -0.2) is 36.4 Å². The van der Waals surface area contributed by atoms with Gasteiger partial charge in [-0.2, -0.15) is 0 Å². The molecule has 0 aromatic carbocycles. The molecule has 2 fully saturated rings. The summed E-state index contributed by atoms with van der Waals surface area (Å²) in [5, 5.41) is 13.0. The Morgan fingerprint density at radius 3 is 2.53 bits per heavy atom. The van der Waals surface area contributed by atoms with Crippen molar-refractivity contribution in [3.63, 3.8) is 0 Å². The van der Waals surface area contributed by atoms with Crippen LogP contribution in [0.3, 0.4) is 0 Å². The third-order valence-corrected chi connectivity index (χ3v) is 3.90. The lowest BCUT2D eigenvalue weighted by Gasteiger charge is -2.26. The summed E-state index contributed by atoms with van der Waals surface area (Å²) in [5.74, 6) is 0.193. The van der Waals surface area contributed by atoms with E-state index < -0.39 is 0 Å². The van der Waals surface area contributed by atoms with Crippen LogP contribution in [0.15, 0.2) is 0 Å². The largest absolute Gasteiger partial charge is 0.391 e. The van der Waals surface area contributed by atoms with Gasteiger partial charge in [-0.25, -0.2) is 0 Å². The molecule has 98 valence electrons. The van der Waals surface area contributed by atoms with Gasteiger partial charge >= 0.3 is 0 Å². The SMILES string of the molecule is O=C(NC1CCCCCC1O)C1CCOCC1. The van der Waals surface area contributed by atoms with Crippen LogP contribution >= 0.6 is 0 Å². The van der Waals surface area contributed by atoms with Crippen molar-refractivity contribution in [2.75, 3.05) is 13.2 Å². The summed E-state index contributed by atoms with van der Waals surface area (Å²) in [4.78, 5) is 12.0. The van der Waals surface area contributed by atoms with E-state index in [1.807, 2.05) is 0 Å². The lowest BCUT2D eigenvalue weighted by molar-refractivity contribution is -0.129. The van der Waals surface area contributed by atoms with E-state index in [4.69, 9.17) is 4.74 Å². The summed E-state index contributed by atoms with van der Waals surface area (Å²) in [6.45, 7) is 1.37. The summed E-state index contributed by atoms with van der Waals surface area (Å²) in [7, 11) is 0. The highest BCUT2D eigenvalue weighted by atomic mass is 16.5. The Kier molecular flexibility index (Phi) is 4.80. The van der Waals surface area contributed by atoms with Gasteiger partial charge in [0, 0.05) is 19.1 Å². The van der Waals surface area contributed by atoms with Crippen LogP contribution in [0.4, 0.5) is 0 Å². The quantitative estimate of drug-likeness (QED) is 0.715. The molecule has 2 N–H and O–H groups in total. The average molecular weight is 241 g/mol. The molecule has 1 saturated carbocycles. The van der Waals surface area contributed by atoms with E-state index in [0.29, 0.717) is 13.2 Å². The predicted octanol–water partition coefficient (Wildman–Crippen LogP) is 1.22. The van der Waals surface area contributed by atoms with Crippen molar-refractivity contribution < 1.29 is 14.6 Å². The zero-order valence-electron chi connectivity index (χ0n) is 10.4. The van der Waals surface area contributed by atoms with Gasteiger partial charge in [0.05, 0.1) is 12.1 Å². The molecule has 0 spiro atoms. The molecule has 2 rings (SSSR count). The first-order chi connectivity index (χ1) is 8.27. The van der Waals surface area contributed by atoms with Crippen LogP contribution in [0.25, 0.3) is 0 Å². The molecule has 1 heterocycles. The van der Waals surface area contributed by atoms with E-state index in [-0.39, 0.29) is 24.0 Å². The maximum absolute atomic E-state index is 12.0. The maximum atomic E-state index is 12.0. The first-order valence-corrected chi connectivity index (χ1v) is 6.83. The van der Waals surface area contributed by atoms with Crippen molar-refractivity contribution in [3.8, 4) is 0 Å². The molecule has 2 unspecified atom stereocenters. The van der Waals surface area contributed by atoms with Crippen molar-refractivity contribution in [2.45, 2.75) is 57.1 Å². The molecule has 0 bridgehead atoms. The Hall–Kier alpha value is -0.610. The van der Waals surface area contributed by atoms with E-state index in [1.165, 1.54) is 6.42 Å². The highest BCUT2D eigenvalue weighted by Crippen LogP contribution is 2.20. The first-order valence-electron chi connectivity index (χ1n) is 6.83. The smallest absolute Gasteiger partial charge is 0.223 e. The number of nitrogens with one attached hydrogen (secondary N) is 1. The van der Waals surface area contributed by atoms with Gasteiger partial charge in [0.2, 0.25) is 5.91 Å². The molecule has 1 amide bonds. The number of carbonyl (C=O) groups is 1. The number of hydrogen-bond acceptors (Lipinski definition) is 3. The van der Waals surface area contributed by atoms with Gasteiger partial charge in [-0.3, -0.25) is 4.79 Å². The highest BCUT2D eigenvalue weighted by Gasteiger charge is 2.27. The van der Waals surface area contributed by atoms with Crippen molar-refractivity contribution in [1.29, 1.82) is 0 Å². The zero-order chi connectivity index (χ0) is 12.1. The Labute approximate surface area is 103 Å². The Morgan fingerprint density at radius 1 is 1.06 bits per heavy atom. The van der Waals surface area contributed by atoms with Gasteiger partial charge in [0.15, 0.2) is 0 Å². The predicted molar refractivity (Wildman–Crippen MR) is 64.6 cm³/mol. The molecule has 0 aromatic heterocycles. The molecule has 0 radical (unpaired) electrons. The van der Waals surface area contributed by atoms with Crippen LogP contribution in [-0.2, 0) is 9.53 Å². The second-order valence-electron chi connectivity index (χ2n) is 5.21. The maximum Gasteiger partial charge on any atom is 0.223 e. The molecule has 1 aliphatic carbocycles. The number of aliphatic hydroxyl groups is 1. The number of hydrogen-bond donors (Lipinski definition) is 2. The normalized spacial score (nSPS) is 31.8. The second-order valence-corrected chi connectivity index (χ2v) is 5.21. The minimum absolute atomic E-state index is 0.0344. The number of ether oxygens (including phenoxy) is 1. The van der Waals surface area contributed by atoms with Crippen LogP contribution in [0.1, 0.15) is 44.9 Å². The van der Waals surface area contributed by atoms with Crippen molar-refractivity contribution in [1.82, 2.24) is 5.32 Å². The van der Waals surface area contributed by atoms with E-state index in [2.05, 4.69) is 5.32 Å². The minimum atomic E-state index is -0.360. The van der Waals surface area contributed by atoms with E-state index in [1.54, 1.807) is 0 Å². The Morgan fingerprint density at radius 2 is 1.76 bits per heavy atom. The summed E-state index contributed by atoms with van der Waals surface area (Å²) in [6.07, 6.45) is 6.35. The molecular formula is C13H23NO3. The van der Waals surface area contributed by atoms with Gasteiger partial charge in [-0.15, -0.1) is 0 Å². The van der Waals surface area contributed by atoms with Gasteiger partial charge in [-0.05, 0) is 25.7 Å². The lowest BCUT2D eigenvalue weighted by Crippen LogP contribution is -2.46. The van der Waals surface area contributed by atoms with Crippen molar-refractivity contribution >= 4 is 5.91 Å². The van der Waals surface area contributed by atoms with Crippen LogP contribution < -0.4 is 5.32 Å². The summed E-state index contributed by atoms with van der Waals surface area (Å²) in [6, 6.07) is -0.0344. The second kappa shape index (κ2) is 6.36. The molecule has 17 heavy (non-hydrogen) atoms. The zero-order valence-corrected chi connectivity index (χ0v) is 10.4. The fraction of sp³-hybridized carbons (Fsp3) is 0.923. The fourth-order valence-corrected chi connectivity index (χ4v) is 2.72. The number of amides is 1. The molecule has 0 aromatic rings. The van der Waals surface area contributed by atoms with Gasteiger partial charge < -0.3 is 15.2 Å². The first kappa shape index (κ1) is 12.8. The molecule has 2 aliphatic rings. The van der Waals surface area contributed by atoms with Crippen LogP contribution in [0.2, 0.25) is 0 Å². The monoisotopic (exact) mass is 241 g/mol. The fourth-order valence-electron chi connectivity index (χ4n) is 2.72. The van der Waals surface area contributed by atoms with Crippen molar-refractivity contribution in [2.24, 2.45) is 5.92 Å². The highest BCUT2D eigenvalue weighted by molar-refractivity contribution is 5.79. The Bertz CT molecular complexity index is 251. The number of aliphatic hydroxyl groups excluding tert-OH is 1. The van der Waals surface area contributed by atoms with E-state index in [9.17, 15) is 9.90 Å². The molecule has 4 nitrogen and oxygen atoms in total. The summed E-state index contributed by atoms with van der Waals surface area (Å²) >= 11 is 0. The third kappa shape index (κ3) is 3.68. The third-order valence-electron chi connectivity index (χ3n) is 3.90. The number of rotatable bonds is 2. The molecule has 4 heteroatoms.